The molecule has 10 heteroatoms. The summed E-state index contributed by atoms with van der Waals surface area (Å²) >= 11 is 0. The Bertz CT molecular complexity index is 850. The molecule has 1 fully saturated rings. The number of hydrogen-bond acceptors (Lipinski definition) is 6. The summed E-state index contributed by atoms with van der Waals surface area (Å²) in [5.74, 6) is -1.53. The highest BCUT2D eigenvalue weighted by molar-refractivity contribution is 5.95. The quantitative estimate of drug-likeness (QED) is 0.451. The standard InChI is InChI=1S/C26H46N4O6/c1-15(16(2)31)27-20(32)17-13-12-14-30(17)21(33)18(24(3,4)5)28-23(35)29-19(25(6,7)8)22(34)36-26(9,10)11/h15,17-19H,12-14H2,1-11H3,(H,27,32)(H2,28,29,35)/t15?,17-,18?,19?/m0/s1. The van der Waals surface area contributed by atoms with E-state index in [9.17, 15) is 24.0 Å². The predicted molar refractivity (Wildman–Crippen MR) is 137 cm³/mol. The normalized spacial score (nSPS) is 19.1. The van der Waals surface area contributed by atoms with Crippen LogP contribution in [0, 0.1) is 10.8 Å². The van der Waals surface area contributed by atoms with Gasteiger partial charge in [-0.05, 0) is 58.3 Å². The Morgan fingerprint density at radius 2 is 1.33 bits per heavy atom. The number of esters is 1. The van der Waals surface area contributed by atoms with Crippen LogP contribution in [-0.2, 0) is 23.9 Å². The van der Waals surface area contributed by atoms with E-state index >= 15 is 0 Å². The molecule has 10 nitrogen and oxygen atoms in total. The minimum Gasteiger partial charge on any atom is -0.458 e. The molecule has 1 saturated heterocycles. The van der Waals surface area contributed by atoms with Crippen LogP contribution in [0.4, 0.5) is 4.79 Å². The van der Waals surface area contributed by atoms with Crippen LogP contribution in [0.2, 0.25) is 0 Å². The molecule has 0 radical (unpaired) electrons. The second-order valence-corrected chi connectivity index (χ2v) is 12.8. The second-order valence-electron chi connectivity index (χ2n) is 12.8. The van der Waals surface area contributed by atoms with E-state index in [4.69, 9.17) is 4.74 Å². The summed E-state index contributed by atoms with van der Waals surface area (Å²) in [7, 11) is 0. The van der Waals surface area contributed by atoms with Crippen LogP contribution in [0.25, 0.3) is 0 Å². The number of carbonyl (C=O) groups is 5. The van der Waals surface area contributed by atoms with Crippen molar-refractivity contribution in [2.45, 2.75) is 119 Å². The highest BCUT2D eigenvalue weighted by Crippen LogP contribution is 2.27. The number of ketones is 1. The maximum Gasteiger partial charge on any atom is 0.329 e. The lowest BCUT2D eigenvalue weighted by Gasteiger charge is -2.37. The minimum atomic E-state index is -0.963. The van der Waals surface area contributed by atoms with Gasteiger partial charge in [0.2, 0.25) is 11.8 Å². The van der Waals surface area contributed by atoms with Crippen LogP contribution in [0.3, 0.4) is 0 Å². The molecule has 1 rings (SSSR count). The molecule has 3 unspecified atom stereocenters. The molecule has 4 atom stereocenters. The molecule has 0 saturated carbocycles. The number of likely N-dealkylation sites (tertiary alicyclic amines) is 1. The zero-order valence-corrected chi connectivity index (χ0v) is 23.8. The predicted octanol–water partition coefficient (Wildman–Crippen LogP) is 2.54. The first-order valence-corrected chi connectivity index (χ1v) is 12.6. The van der Waals surface area contributed by atoms with Gasteiger partial charge in [-0.15, -0.1) is 0 Å². The van der Waals surface area contributed by atoms with Crippen molar-refractivity contribution in [3.63, 3.8) is 0 Å². The van der Waals surface area contributed by atoms with Crippen molar-refractivity contribution < 1.29 is 28.7 Å². The number of amides is 4. The van der Waals surface area contributed by atoms with E-state index in [1.165, 1.54) is 11.8 Å². The van der Waals surface area contributed by atoms with Gasteiger partial charge in [-0.3, -0.25) is 14.4 Å². The van der Waals surface area contributed by atoms with Crippen molar-refractivity contribution in [1.82, 2.24) is 20.9 Å². The Labute approximate surface area is 215 Å². The fourth-order valence-electron chi connectivity index (χ4n) is 3.82. The number of nitrogens with one attached hydrogen (secondary N) is 3. The molecule has 0 bridgehead atoms. The smallest absolute Gasteiger partial charge is 0.329 e. The van der Waals surface area contributed by atoms with Gasteiger partial charge in [0.15, 0.2) is 5.78 Å². The topological polar surface area (TPSA) is 134 Å². The molecule has 36 heavy (non-hydrogen) atoms. The number of hydrogen-bond donors (Lipinski definition) is 3. The largest absolute Gasteiger partial charge is 0.458 e. The SMILES string of the molecule is CC(=O)C(C)NC(=O)[C@@H]1CCCN1C(=O)C(NC(=O)NC(C(=O)OC(C)(C)C)C(C)(C)C)C(C)(C)C. The van der Waals surface area contributed by atoms with Gasteiger partial charge in [0.05, 0.1) is 6.04 Å². The molecule has 3 N–H and O–H groups in total. The van der Waals surface area contributed by atoms with E-state index in [2.05, 4.69) is 16.0 Å². The molecule has 1 heterocycles. The molecule has 1 aliphatic heterocycles. The van der Waals surface area contributed by atoms with E-state index in [-0.39, 0.29) is 5.78 Å². The lowest BCUT2D eigenvalue weighted by atomic mass is 9.85. The second kappa shape index (κ2) is 11.6. The first-order valence-electron chi connectivity index (χ1n) is 12.6. The fraction of sp³-hybridized carbons (Fsp3) is 0.808. The maximum atomic E-state index is 13.6. The van der Waals surface area contributed by atoms with Crippen LogP contribution < -0.4 is 16.0 Å². The van der Waals surface area contributed by atoms with E-state index in [0.29, 0.717) is 19.4 Å². The number of ether oxygens (including phenoxy) is 1. The van der Waals surface area contributed by atoms with Gasteiger partial charge in [0.25, 0.3) is 0 Å². The van der Waals surface area contributed by atoms with Crippen LogP contribution in [-0.4, -0.2) is 70.8 Å². The van der Waals surface area contributed by atoms with Crippen LogP contribution in [0.1, 0.15) is 89.0 Å². The molecule has 4 amide bonds. The van der Waals surface area contributed by atoms with Crippen molar-refractivity contribution in [1.29, 1.82) is 0 Å². The zero-order chi connectivity index (χ0) is 28.2. The van der Waals surface area contributed by atoms with Crippen molar-refractivity contribution in [2.75, 3.05) is 6.54 Å². The average Bonchev–Trinajstić information content (AvgIpc) is 3.16. The first kappa shape index (κ1) is 31.4. The fourth-order valence-corrected chi connectivity index (χ4v) is 3.82. The molecule has 1 aliphatic rings. The summed E-state index contributed by atoms with van der Waals surface area (Å²) in [5.41, 5.74) is -2.06. The molecule has 0 spiro atoms. The van der Waals surface area contributed by atoms with E-state index in [1.807, 2.05) is 41.5 Å². The number of rotatable bonds is 7. The lowest BCUT2D eigenvalue weighted by Crippen LogP contribution is -2.61. The molecule has 0 aromatic rings. The Balaban J connectivity index is 3.09. The van der Waals surface area contributed by atoms with Gasteiger partial charge in [0.1, 0.15) is 23.7 Å². The van der Waals surface area contributed by atoms with Gasteiger partial charge >= 0.3 is 12.0 Å². The van der Waals surface area contributed by atoms with Gasteiger partial charge in [-0.2, -0.15) is 0 Å². The number of carbonyl (C=O) groups excluding carboxylic acids is 5. The lowest BCUT2D eigenvalue weighted by molar-refractivity contribution is -0.160. The number of Topliss-reactive ketones (excluding diaryl/α,β-unsaturated/α-hetero) is 1. The van der Waals surface area contributed by atoms with Gasteiger partial charge in [-0.1, -0.05) is 41.5 Å². The summed E-state index contributed by atoms with van der Waals surface area (Å²) in [5, 5.41) is 8.09. The first-order chi connectivity index (χ1) is 16.1. The molecule has 0 aromatic heterocycles. The molecule has 0 aliphatic carbocycles. The van der Waals surface area contributed by atoms with Crippen molar-refractivity contribution >= 4 is 29.6 Å². The van der Waals surface area contributed by atoms with Crippen LogP contribution in [0.5, 0.6) is 0 Å². The third kappa shape index (κ3) is 9.09. The summed E-state index contributed by atoms with van der Waals surface area (Å²) in [4.78, 5) is 65.3. The molecule has 0 aromatic carbocycles. The Morgan fingerprint density at radius 1 is 0.833 bits per heavy atom. The van der Waals surface area contributed by atoms with Crippen LogP contribution >= 0.6 is 0 Å². The van der Waals surface area contributed by atoms with E-state index < -0.39 is 64.4 Å². The monoisotopic (exact) mass is 510 g/mol. The Hall–Kier alpha value is -2.65. The molecular formula is C26H46N4O6. The number of urea groups is 1. The summed E-state index contributed by atoms with van der Waals surface area (Å²) < 4.78 is 5.49. The molecule has 206 valence electrons. The highest BCUT2D eigenvalue weighted by Gasteiger charge is 2.43. The van der Waals surface area contributed by atoms with Crippen LogP contribution in [0.15, 0.2) is 0 Å². The maximum absolute atomic E-state index is 13.6. The number of nitrogens with zero attached hydrogens (tertiary/aromatic N) is 1. The van der Waals surface area contributed by atoms with Crippen molar-refractivity contribution in [3.8, 4) is 0 Å². The van der Waals surface area contributed by atoms with Crippen molar-refractivity contribution in [2.24, 2.45) is 10.8 Å². The third-order valence-corrected chi connectivity index (χ3v) is 5.98. The minimum absolute atomic E-state index is 0.177. The van der Waals surface area contributed by atoms with E-state index in [0.717, 1.165) is 0 Å². The third-order valence-electron chi connectivity index (χ3n) is 5.98. The Kier molecular flexibility index (Phi) is 10.1. The average molecular weight is 511 g/mol. The summed E-state index contributed by atoms with van der Waals surface area (Å²) in [6.45, 7) is 19.5. The van der Waals surface area contributed by atoms with Gasteiger partial charge in [0, 0.05) is 6.54 Å². The van der Waals surface area contributed by atoms with E-state index in [1.54, 1.807) is 27.7 Å². The van der Waals surface area contributed by atoms with Crippen molar-refractivity contribution in [3.05, 3.63) is 0 Å². The Morgan fingerprint density at radius 3 is 1.78 bits per heavy atom. The molecular weight excluding hydrogens is 464 g/mol. The summed E-state index contributed by atoms with van der Waals surface area (Å²) in [6.07, 6.45) is 1.10. The van der Waals surface area contributed by atoms with Gasteiger partial charge < -0.3 is 25.6 Å². The zero-order valence-electron chi connectivity index (χ0n) is 23.8. The highest BCUT2D eigenvalue weighted by atomic mass is 16.6. The van der Waals surface area contributed by atoms with Gasteiger partial charge in [-0.25, -0.2) is 9.59 Å². The summed E-state index contributed by atoms with van der Waals surface area (Å²) in [6, 6.07) is -3.97.